The Kier molecular flexibility index (Phi) is 2.30. The van der Waals surface area contributed by atoms with Crippen LogP contribution in [0.25, 0.3) is 0 Å². The summed E-state index contributed by atoms with van der Waals surface area (Å²) < 4.78 is 0. The van der Waals surface area contributed by atoms with Gasteiger partial charge in [0, 0.05) is 6.04 Å². The molecular formula is C12H20N4. The molecule has 0 radical (unpaired) electrons. The van der Waals surface area contributed by atoms with Crippen LogP contribution in [0.1, 0.15) is 32.6 Å². The first-order chi connectivity index (χ1) is 7.74. The zero-order valence-electron chi connectivity index (χ0n) is 9.74. The maximum Gasteiger partial charge on any atom is 0.142 e. The van der Waals surface area contributed by atoms with Crippen molar-refractivity contribution < 1.29 is 0 Å². The van der Waals surface area contributed by atoms with E-state index in [1.54, 1.807) is 6.20 Å². The Morgan fingerprint density at radius 1 is 1.50 bits per heavy atom. The van der Waals surface area contributed by atoms with Crippen molar-refractivity contribution in [3.05, 3.63) is 6.20 Å². The van der Waals surface area contributed by atoms with Gasteiger partial charge < -0.3 is 11.1 Å². The predicted octanol–water partition coefficient (Wildman–Crippen LogP) is 2.23. The lowest BCUT2D eigenvalue weighted by molar-refractivity contribution is 0.304. The lowest BCUT2D eigenvalue weighted by Crippen LogP contribution is -2.30. The molecule has 0 aliphatic heterocycles. The summed E-state index contributed by atoms with van der Waals surface area (Å²) in [6.07, 6.45) is 7.52. The van der Waals surface area contributed by atoms with Crippen molar-refractivity contribution in [2.45, 2.75) is 38.6 Å². The number of nitrogens with one attached hydrogen (secondary N) is 2. The molecule has 4 heteroatoms. The average molecular weight is 220 g/mol. The second-order valence-electron chi connectivity index (χ2n) is 5.47. The fourth-order valence-electron chi connectivity index (χ4n) is 3.67. The van der Waals surface area contributed by atoms with E-state index in [9.17, 15) is 0 Å². The van der Waals surface area contributed by atoms with Crippen LogP contribution in [0.2, 0.25) is 0 Å². The van der Waals surface area contributed by atoms with Crippen LogP contribution in [0.5, 0.6) is 0 Å². The molecule has 88 valence electrons. The fourth-order valence-corrected chi connectivity index (χ4v) is 3.67. The first-order valence-electron chi connectivity index (χ1n) is 6.29. The van der Waals surface area contributed by atoms with Crippen molar-refractivity contribution in [2.24, 2.45) is 17.8 Å². The van der Waals surface area contributed by atoms with Crippen LogP contribution in [-0.2, 0) is 0 Å². The summed E-state index contributed by atoms with van der Waals surface area (Å²) in [6.45, 7) is 2.28. The molecule has 4 atom stereocenters. The van der Waals surface area contributed by atoms with Gasteiger partial charge in [-0.15, -0.1) is 0 Å². The van der Waals surface area contributed by atoms with Crippen LogP contribution in [-0.4, -0.2) is 16.2 Å². The minimum Gasteiger partial charge on any atom is -0.382 e. The SMILES string of the molecule is CC(Nc1cn[nH]c1N)C1CC2CCC1C2. The molecule has 16 heavy (non-hydrogen) atoms. The van der Waals surface area contributed by atoms with Crippen LogP contribution < -0.4 is 11.1 Å². The topological polar surface area (TPSA) is 66.7 Å². The third kappa shape index (κ3) is 1.56. The summed E-state index contributed by atoms with van der Waals surface area (Å²) in [5, 5.41) is 10.2. The number of nitrogens with two attached hydrogens (primary N) is 1. The van der Waals surface area contributed by atoms with Gasteiger partial charge in [-0.25, -0.2) is 0 Å². The molecule has 2 aliphatic rings. The van der Waals surface area contributed by atoms with Gasteiger partial charge in [0.1, 0.15) is 5.82 Å². The van der Waals surface area contributed by atoms with Gasteiger partial charge >= 0.3 is 0 Å². The van der Waals surface area contributed by atoms with Gasteiger partial charge in [0.25, 0.3) is 0 Å². The van der Waals surface area contributed by atoms with Crippen molar-refractivity contribution >= 4 is 11.5 Å². The zero-order valence-corrected chi connectivity index (χ0v) is 9.74. The Labute approximate surface area is 96.0 Å². The maximum absolute atomic E-state index is 5.78. The molecule has 2 fully saturated rings. The third-order valence-electron chi connectivity index (χ3n) is 4.49. The van der Waals surface area contributed by atoms with E-state index in [1.165, 1.54) is 25.7 Å². The van der Waals surface area contributed by atoms with E-state index in [-0.39, 0.29) is 0 Å². The van der Waals surface area contributed by atoms with Crippen LogP contribution in [0.4, 0.5) is 11.5 Å². The summed E-state index contributed by atoms with van der Waals surface area (Å²) in [7, 11) is 0. The largest absolute Gasteiger partial charge is 0.382 e. The molecule has 2 saturated carbocycles. The van der Waals surface area contributed by atoms with Crippen molar-refractivity contribution in [2.75, 3.05) is 11.1 Å². The van der Waals surface area contributed by atoms with E-state index in [1.807, 2.05) is 0 Å². The summed E-state index contributed by atoms with van der Waals surface area (Å²) in [6, 6.07) is 0.509. The fraction of sp³-hybridized carbons (Fsp3) is 0.750. The van der Waals surface area contributed by atoms with E-state index >= 15 is 0 Å². The lowest BCUT2D eigenvalue weighted by Gasteiger charge is -2.28. The zero-order chi connectivity index (χ0) is 11.1. The number of H-pyrrole nitrogens is 1. The molecule has 4 nitrogen and oxygen atoms in total. The summed E-state index contributed by atoms with van der Waals surface area (Å²) in [4.78, 5) is 0. The predicted molar refractivity (Wildman–Crippen MR) is 65.0 cm³/mol. The number of anilines is 2. The average Bonchev–Trinajstić information content (AvgIpc) is 2.95. The number of aromatic amines is 1. The summed E-state index contributed by atoms with van der Waals surface area (Å²) >= 11 is 0. The van der Waals surface area contributed by atoms with E-state index in [0.29, 0.717) is 11.9 Å². The number of fused-ring (bicyclic) bond motifs is 2. The normalized spacial score (nSPS) is 34.2. The summed E-state index contributed by atoms with van der Waals surface area (Å²) in [5.41, 5.74) is 6.74. The van der Waals surface area contributed by atoms with Crippen LogP contribution in [0, 0.1) is 17.8 Å². The van der Waals surface area contributed by atoms with Gasteiger partial charge in [-0.3, -0.25) is 5.10 Å². The number of nitrogens with zero attached hydrogens (tertiary/aromatic N) is 1. The molecular weight excluding hydrogens is 200 g/mol. The van der Waals surface area contributed by atoms with E-state index in [4.69, 9.17) is 5.73 Å². The molecule has 2 bridgehead atoms. The molecule has 0 saturated heterocycles. The number of nitrogen functional groups attached to an aromatic ring is 1. The van der Waals surface area contributed by atoms with E-state index in [0.717, 1.165) is 23.4 Å². The first kappa shape index (κ1) is 10.00. The molecule has 4 unspecified atom stereocenters. The highest BCUT2D eigenvalue weighted by Gasteiger charge is 2.41. The number of hydrogen-bond acceptors (Lipinski definition) is 3. The number of hydrogen-bond donors (Lipinski definition) is 3. The van der Waals surface area contributed by atoms with Crippen LogP contribution in [0.3, 0.4) is 0 Å². The monoisotopic (exact) mass is 220 g/mol. The highest BCUT2D eigenvalue weighted by atomic mass is 15.2. The van der Waals surface area contributed by atoms with Crippen molar-refractivity contribution in [3.8, 4) is 0 Å². The first-order valence-corrected chi connectivity index (χ1v) is 6.29. The highest BCUT2D eigenvalue weighted by molar-refractivity contribution is 5.60. The molecule has 1 aromatic heterocycles. The Balaban J connectivity index is 1.66. The van der Waals surface area contributed by atoms with Crippen LogP contribution >= 0.6 is 0 Å². The quantitative estimate of drug-likeness (QED) is 0.731. The standard InChI is InChI=1S/C12H20N4/c1-7(15-11-6-14-16-12(11)13)10-5-8-2-3-9(10)4-8/h6-10,15H,2-5H2,1H3,(H3,13,14,16). The molecule has 2 aliphatic carbocycles. The molecule has 1 heterocycles. The van der Waals surface area contributed by atoms with Crippen molar-refractivity contribution in [3.63, 3.8) is 0 Å². The van der Waals surface area contributed by atoms with Gasteiger partial charge in [-0.2, -0.15) is 5.10 Å². The second kappa shape index (κ2) is 3.68. The number of aromatic nitrogens is 2. The van der Waals surface area contributed by atoms with Gasteiger partial charge in [-0.1, -0.05) is 6.42 Å². The lowest BCUT2D eigenvalue weighted by atomic mass is 9.84. The number of rotatable bonds is 3. The molecule has 3 rings (SSSR count). The molecule has 4 N–H and O–H groups in total. The Hall–Kier alpha value is -1.19. The molecule has 0 amide bonds. The maximum atomic E-state index is 5.78. The van der Waals surface area contributed by atoms with E-state index < -0.39 is 0 Å². The van der Waals surface area contributed by atoms with E-state index in [2.05, 4.69) is 22.4 Å². The Morgan fingerprint density at radius 2 is 2.38 bits per heavy atom. The molecule has 0 spiro atoms. The Morgan fingerprint density at radius 3 is 2.94 bits per heavy atom. The summed E-state index contributed by atoms with van der Waals surface area (Å²) in [5.74, 6) is 3.42. The minimum atomic E-state index is 0.509. The second-order valence-corrected chi connectivity index (χ2v) is 5.47. The van der Waals surface area contributed by atoms with Crippen molar-refractivity contribution in [1.82, 2.24) is 10.2 Å². The van der Waals surface area contributed by atoms with Crippen molar-refractivity contribution in [1.29, 1.82) is 0 Å². The van der Waals surface area contributed by atoms with Gasteiger partial charge in [0.15, 0.2) is 0 Å². The molecule has 0 aromatic carbocycles. The third-order valence-corrected chi connectivity index (χ3v) is 4.49. The Bertz CT molecular complexity index is 373. The minimum absolute atomic E-state index is 0.509. The van der Waals surface area contributed by atoms with Crippen LogP contribution in [0.15, 0.2) is 6.20 Å². The van der Waals surface area contributed by atoms with Gasteiger partial charge in [0.2, 0.25) is 0 Å². The smallest absolute Gasteiger partial charge is 0.142 e. The van der Waals surface area contributed by atoms with Gasteiger partial charge in [-0.05, 0) is 43.9 Å². The van der Waals surface area contributed by atoms with Gasteiger partial charge in [0.05, 0.1) is 11.9 Å². The molecule has 1 aromatic rings. The highest BCUT2D eigenvalue weighted by Crippen LogP contribution is 2.49.